The number of benzene rings is 1. The maximum atomic E-state index is 12.3. The van der Waals surface area contributed by atoms with Gasteiger partial charge in [-0.25, -0.2) is 0 Å². The molecule has 2 aliphatic heterocycles. The Kier molecular flexibility index (Phi) is 5.18. The predicted octanol–water partition coefficient (Wildman–Crippen LogP) is 2.38. The Morgan fingerprint density at radius 2 is 2.30 bits per heavy atom. The second-order valence-corrected chi connectivity index (χ2v) is 6.54. The first-order valence-electron chi connectivity index (χ1n) is 8.09. The average Bonchev–Trinajstić information content (AvgIpc) is 3.16. The molecule has 0 spiro atoms. The number of nitrogens with zero attached hydrogens (tertiary/aromatic N) is 1. The summed E-state index contributed by atoms with van der Waals surface area (Å²) in [6.07, 6.45) is 3.52. The Balaban J connectivity index is 1.51. The molecule has 124 valence electrons. The van der Waals surface area contributed by atoms with Gasteiger partial charge in [0.05, 0.1) is 12.0 Å². The third-order valence-corrected chi connectivity index (χ3v) is 4.64. The van der Waals surface area contributed by atoms with Crippen molar-refractivity contribution in [2.45, 2.75) is 31.8 Å². The van der Waals surface area contributed by atoms with Gasteiger partial charge in [0.2, 0.25) is 11.8 Å². The van der Waals surface area contributed by atoms with Crippen LogP contribution < -0.4 is 10.2 Å². The van der Waals surface area contributed by atoms with Crippen molar-refractivity contribution in [3.8, 4) is 0 Å². The molecule has 3 rings (SSSR count). The van der Waals surface area contributed by atoms with Crippen LogP contribution in [0.1, 0.15) is 25.7 Å². The highest BCUT2D eigenvalue weighted by atomic mass is 35.5. The highest BCUT2D eigenvalue weighted by molar-refractivity contribution is 6.30. The number of anilines is 1. The zero-order valence-electron chi connectivity index (χ0n) is 13.0. The Hall–Kier alpha value is -1.59. The molecule has 23 heavy (non-hydrogen) atoms. The number of halogens is 1. The van der Waals surface area contributed by atoms with Crippen molar-refractivity contribution in [1.82, 2.24) is 5.32 Å². The van der Waals surface area contributed by atoms with E-state index >= 15 is 0 Å². The molecule has 0 radical (unpaired) electrons. The molecule has 1 aromatic rings. The molecule has 5 nitrogen and oxygen atoms in total. The lowest BCUT2D eigenvalue weighted by Gasteiger charge is -2.17. The van der Waals surface area contributed by atoms with Crippen LogP contribution in [0.2, 0.25) is 5.02 Å². The zero-order valence-corrected chi connectivity index (χ0v) is 13.7. The number of nitrogens with one attached hydrogen (secondary N) is 1. The van der Waals surface area contributed by atoms with Gasteiger partial charge in [-0.1, -0.05) is 17.7 Å². The molecular weight excluding hydrogens is 316 g/mol. The van der Waals surface area contributed by atoms with Crippen molar-refractivity contribution in [2.24, 2.45) is 5.92 Å². The lowest BCUT2D eigenvalue weighted by molar-refractivity contribution is -0.126. The fourth-order valence-electron chi connectivity index (χ4n) is 3.15. The molecule has 0 saturated carbocycles. The first-order valence-corrected chi connectivity index (χ1v) is 8.46. The summed E-state index contributed by atoms with van der Waals surface area (Å²) in [4.78, 5) is 26.1. The van der Waals surface area contributed by atoms with Gasteiger partial charge < -0.3 is 15.0 Å². The first kappa shape index (κ1) is 16.3. The van der Waals surface area contributed by atoms with Gasteiger partial charge in [0, 0.05) is 36.8 Å². The van der Waals surface area contributed by atoms with Gasteiger partial charge in [0.25, 0.3) is 0 Å². The van der Waals surface area contributed by atoms with Gasteiger partial charge in [-0.15, -0.1) is 0 Å². The molecule has 2 aliphatic rings. The molecule has 1 aromatic carbocycles. The van der Waals surface area contributed by atoms with E-state index in [4.69, 9.17) is 16.3 Å². The van der Waals surface area contributed by atoms with Gasteiger partial charge in [-0.3, -0.25) is 9.59 Å². The quantitative estimate of drug-likeness (QED) is 0.898. The van der Waals surface area contributed by atoms with Gasteiger partial charge in [-0.05, 0) is 37.5 Å². The lowest BCUT2D eigenvalue weighted by atomic mass is 10.1. The maximum absolute atomic E-state index is 12.3. The van der Waals surface area contributed by atoms with E-state index < -0.39 is 0 Å². The molecular formula is C17H21ClN2O3. The number of rotatable bonds is 5. The zero-order chi connectivity index (χ0) is 16.2. The number of hydrogen-bond acceptors (Lipinski definition) is 3. The van der Waals surface area contributed by atoms with Crippen LogP contribution in [0, 0.1) is 5.92 Å². The first-order chi connectivity index (χ1) is 11.1. The van der Waals surface area contributed by atoms with E-state index in [-0.39, 0.29) is 30.3 Å². The highest BCUT2D eigenvalue weighted by Gasteiger charge is 2.35. The molecule has 2 fully saturated rings. The lowest BCUT2D eigenvalue weighted by Crippen LogP contribution is -2.34. The van der Waals surface area contributed by atoms with Crippen LogP contribution in [0.3, 0.4) is 0 Å². The number of ether oxygens (including phenoxy) is 1. The molecule has 0 aliphatic carbocycles. The summed E-state index contributed by atoms with van der Waals surface area (Å²) in [5.74, 6) is -0.390. The Morgan fingerprint density at radius 3 is 3.04 bits per heavy atom. The monoisotopic (exact) mass is 336 g/mol. The van der Waals surface area contributed by atoms with E-state index in [2.05, 4.69) is 5.32 Å². The summed E-state index contributed by atoms with van der Waals surface area (Å²) < 4.78 is 5.54. The molecule has 2 atom stereocenters. The Morgan fingerprint density at radius 1 is 1.43 bits per heavy atom. The van der Waals surface area contributed by atoms with Crippen molar-refractivity contribution < 1.29 is 14.3 Å². The summed E-state index contributed by atoms with van der Waals surface area (Å²) in [5, 5.41) is 3.51. The fraction of sp³-hybridized carbons (Fsp3) is 0.529. The van der Waals surface area contributed by atoms with E-state index in [1.807, 2.05) is 6.07 Å². The SMILES string of the molecule is O=C(NCC[C@H]1CCCO1)[C@@H]1CC(=O)N(c2cccc(Cl)c2)C1. The van der Waals surface area contributed by atoms with E-state index in [1.165, 1.54) is 0 Å². The predicted molar refractivity (Wildman–Crippen MR) is 88.5 cm³/mol. The number of amides is 2. The summed E-state index contributed by atoms with van der Waals surface area (Å²) in [6, 6.07) is 7.15. The van der Waals surface area contributed by atoms with Gasteiger partial charge in [0.1, 0.15) is 0 Å². The minimum absolute atomic E-state index is 0.0356. The third-order valence-electron chi connectivity index (χ3n) is 4.41. The van der Waals surface area contributed by atoms with Crippen LogP contribution in [-0.4, -0.2) is 37.6 Å². The van der Waals surface area contributed by atoms with E-state index in [0.29, 0.717) is 18.1 Å². The topological polar surface area (TPSA) is 58.6 Å². The molecule has 2 amide bonds. The van der Waals surface area contributed by atoms with E-state index in [9.17, 15) is 9.59 Å². The van der Waals surface area contributed by atoms with E-state index in [1.54, 1.807) is 23.1 Å². The minimum atomic E-state index is -0.300. The van der Waals surface area contributed by atoms with Crippen LogP contribution in [-0.2, 0) is 14.3 Å². The van der Waals surface area contributed by atoms with Crippen molar-refractivity contribution >= 4 is 29.1 Å². The highest BCUT2D eigenvalue weighted by Crippen LogP contribution is 2.27. The Bertz CT molecular complexity index is 587. The van der Waals surface area contributed by atoms with Crippen molar-refractivity contribution in [3.63, 3.8) is 0 Å². The Labute approximate surface area is 140 Å². The molecule has 6 heteroatoms. The normalized spacial score (nSPS) is 24.2. The number of carbonyl (C=O) groups is 2. The molecule has 2 heterocycles. The molecule has 1 N–H and O–H groups in total. The second kappa shape index (κ2) is 7.32. The average molecular weight is 337 g/mol. The fourth-order valence-corrected chi connectivity index (χ4v) is 3.33. The smallest absolute Gasteiger partial charge is 0.227 e. The van der Waals surface area contributed by atoms with Crippen LogP contribution in [0.15, 0.2) is 24.3 Å². The molecule has 0 aromatic heterocycles. The summed E-state index contributed by atoms with van der Waals surface area (Å²) in [6.45, 7) is 1.83. The second-order valence-electron chi connectivity index (χ2n) is 6.10. The van der Waals surface area contributed by atoms with Gasteiger partial charge in [-0.2, -0.15) is 0 Å². The summed E-state index contributed by atoms with van der Waals surface area (Å²) in [7, 11) is 0. The van der Waals surface area contributed by atoms with Gasteiger partial charge in [0.15, 0.2) is 0 Å². The maximum Gasteiger partial charge on any atom is 0.227 e. The summed E-state index contributed by atoms with van der Waals surface area (Å²) in [5.41, 5.74) is 0.747. The van der Waals surface area contributed by atoms with Crippen LogP contribution in [0.4, 0.5) is 5.69 Å². The molecule has 2 saturated heterocycles. The van der Waals surface area contributed by atoms with Crippen LogP contribution in [0.5, 0.6) is 0 Å². The van der Waals surface area contributed by atoms with Crippen molar-refractivity contribution in [3.05, 3.63) is 29.3 Å². The van der Waals surface area contributed by atoms with Crippen molar-refractivity contribution in [2.75, 3.05) is 24.6 Å². The summed E-state index contributed by atoms with van der Waals surface area (Å²) >= 11 is 5.97. The van der Waals surface area contributed by atoms with Crippen LogP contribution in [0.25, 0.3) is 0 Å². The molecule has 0 unspecified atom stereocenters. The molecule has 0 bridgehead atoms. The minimum Gasteiger partial charge on any atom is -0.378 e. The number of carbonyl (C=O) groups excluding carboxylic acids is 2. The largest absolute Gasteiger partial charge is 0.378 e. The number of hydrogen-bond donors (Lipinski definition) is 1. The van der Waals surface area contributed by atoms with Gasteiger partial charge >= 0.3 is 0 Å². The van der Waals surface area contributed by atoms with Crippen molar-refractivity contribution in [1.29, 1.82) is 0 Å². The third kappa shape index (κ3) is 4.03. The van der Waals surface area contributed by atoms with Crippen LogP contribution >= 0.6 is 11.6 Å². The standard InChI is InChI=1S/C17H21ClN2O3/c18-13-3-1-4-14(10-13)20-11-12(9-16(20)21)17(22)19-7-6-15-5-2-8-23-15/h1,3-4,10,12,15H,2,5-9,11H2,(H,19,22)/t12-,15-/m1/s1. The van der Waals surface area contributed by atoms with E-state index in [0.717, 1.165) is 31.6 Å².